The third-order valence-corrected chi connectivity index (χ3v) is 3.46. The Morgan fingerprint density at radius 3 is 2.88 bits per heavy atom. The van der Waals surface area contributed by atoms with Crippen LogP contribution >= 0.6 is 0 Å². The fourth-order valence-corrected chi connectivity index (χ4v) is 2.68. The molecule has 0 aromatic rings. The van der Waals surface area contributed by atoms with E-state index < -0.39 is 6.04 Å². The summed E-state index contributed by atoms with van der Waals surface area (Å²) in [5, 5.41) is 2.97. The molecule has 2 unspecified atom stereocenters. The van der Waals surface area contributed by atoms with Crippen LogP contribution in [0.3, 0.4) is 0 Å². The minimum Gasteiger partial charge on any atom is -0.350 e. The van der Waals surface area contributed by atoms with Gasteiger partial charge in [0.25, 0.3) is 0 Å². The number of hydrogen-bond acceptors (Lipinski definition) is 3. The van der Waals surface area contributed by atoms with Crippen molar-refractivity contribution in [3.63, 3.8) is 0 Å². The molecule has 1 aliphatic heterocycles. The average molecular weight is 225 g/mol. The summed E-state index contributed by atoms with van der Waals surface area (Å²) in [5.74, 6) is -0.163. The molecule has 2 aliphatic rings. The molecular weight excluding hydrogens is 206 g/mol. The van der Waals surface area contributed by atoms with Gasteiger partial charge in [0, 0.05) is 6.04 Å². The maximum atomic E-state index is 11.9. The maximum absolute atomic E-state index is 11.9. The second-order valence-corrected chi connectivity index (χ2v) is 4.78. The minimum atomic E-state index is -0.520. The highest BCUT2D eigenvalue weighted by molar-refractivity contribution is 5.88. The van der Waals surface area contributed by atoms with Gasteiger partial charge >= 0.3 is 0 Å². The van der Waals surface area contributed by atoms with Gasteiger partial charge in [0.2, 0.25) is 11.8 Å². The lowest BCUT2D eigenvalue weighted by molar-refractivity contribution is -0.145. The van der Waals surface area contributed by atoms with E-state index in [9.17, 15) is 9.59 Å². The van der Waals surface area contributed by atoms with Gasteiger partial charge in [-0.25, -0.2) is 0 Å². The first kappa shape index (κ1) is 11.4. The normalized spacial score (nSPS) is 31.6. The topological polar surface area (TPSA) is 75.4 Å². The Kier molecular flexibility index (Phi) is 3.14. The van der Waals surface area contributed by atoms with Gasteiger partial charge in [-0.15, -0.1) is 0 Å². The molecule has 2 fully saturated rings. The largest absolute Gasteiger partial charge is 0.350 e. The van der Waals surface area contributed by atoms with Crippen LogP contribution in [0.4, 0.5) is 0 Å². The first-order valence-corrected chi connectivity index (χ1v) is 5.95. The van der Waals surface area contributed by atoms with Crippen molar-refractivity contribution in [1.82, 2.24) is 10.2 Å². The molecular formula is C11H19N3O2. The van der Waals surface area contributed by atoms with Crippen LogP contribution in [0.25, 0.3) is 0 Å². The number of amides is 2. The van der Waals surface area contributed by atoms with Gasteiger partial charge in [0.15, 0.2) is 0 Å². The van der Waals surface area contributed by atoms with Crippen molar-refractivity contribution >= 4 is 11.8 Å². The third kappa shape index (κ3) is 2.04. The Morgan fingerprint density at radius 2 is 2.19 bits per heavy atom. The van der Waals surface area contributed by atoms with Crippen LogP contribution in [-0.4, -0.2) is 41.4 Å². The van der Waals surface area contributed by atoms with Crippen molar-refractivity contribution in [2.75, 3.05) is 6.54 Å². The first-order chi connectivity index (χ1) is 7.59. The average Bonchev–Trinajstić information content (AvgIpc) is 2.26. The zero-order valence-electron chi connectivity index (χ0n) is 9.61. The van der Waals surface area contributed by atoms with Crippen molar-refractivity contribution in [2.24, 2.45) is 5.73 Å². The van der Waals surface area contributed by atoms with Crippen molar-refractivity contribution in [3.8, 4) is 0 Å². The second-order valence-electron chi connectivity index (χ2n) is 4.78. The van der Waals surface area contributed by atoms with Crippen LogP contribution in [0.1, 0.15) is 32.6 Å². The highest BCUT2D eigenvalue weighted by Crippen LogP contribution is 2.26. The quantitative estimate of drug-likeness (QED) is 0.638. The lowest BCUT2D eigenvalue weighted by Gasteiger charge is -2.44. The molecule has 5 heteroatoms. The molecule has 16 heavy (non-hydrogen) atoms. The molecule has 2 amide bonds. The molecule has 0 aromatic heterocycles. The summed E-state index contributed by atoms with van der Waals surface area (Å²) in [7, 11) is 0. The Bertz CT molecular complexity index is 304. The Labute approximate surface area is 95.3 Å². The number of fused-ring (bicyclic) bond motifs is 1. The second kappa shape index (κ2) is 4.41. The van der Waals surface area contributed by atoms with Gasteiger partial charge in [-0.3, -0.25) is 9.59 Å². The van der Waals surface area contributed by atoms with E-state index in [2.05, 4.69) is 5.32 Å². The summed E-state index contributed by atoms with van der Waals surface area (Å²) in [5.41, 5.74) is 5.61. The highest BCUT2D eigenvalue weighted by atomic mass is 16.2. The van der Waals surface area contributed by atoms with E-state index in [1.807, 2.05) is 0 Å². The summed E-state index contributed by atoms with van der Waals surface area (Å²) >= 11 is 0. The monoisotopic (exact) mass is 225 g/mol. The van der Waals surface area contributed by atoms with Crippen LogP contribution < -0.4 is 11.1 Å². The zero-order chi connectivity index (χ0) is 11.7. The number of nitrogens with zero attached hydrogens (tertiary/aromatic N) is 1. The molecule has 1 saturated heterocycles. The van der Waals surface area contributed by atoms with Crippen molar-refractivity contribution in [3.05, 3.63) is 0 Å². The van der Waals surface area contributed by atoms with Crippen molar-refractivity contribution in [2.45, 2.75) is 50.7 Å². The summed E-state index contributed by atoms with van der Waals surface area (Å²) in [6.45, 7) is 1.84. The van der Waals surface area contributed by atoms with E-state index in [4.69, 9.17) is 5.73 Å². The van der Waals surface area contributed by atoms with E-state index in [1.165, 1.54) is 0 Å². The number of nitrogens with one attached hydrogen (secondary N) is 1. The number of piperazine rings is 1. The van der Waals surface area contributed by atoms with E-state index in [0.717, 1.165) is 25.7 Å². The van der Waals surface area contributed by atoms with Gasteiger partial charge in [-0.2, -0.15) is 0 Å². The lowest BCUT2D eigenvalue weighted by Crippen LogP contribution is -2.64. The molecule has 3 atom stereocenters. The van der Waals surface area contributed by atoms with Crippen LogP contribution in [0.15, 0.2) is 0 Å². The van der Waals surface area contributed by atoms with E-state index in [1.54, 1.807) is 11.8 Å². The smallest absolute Gasteiger partial charge is 0.239 e. The number of nitrogens with two attached hydrogens (primary N) is 1. The Hall–Kier alpha value is -1.10. The predicted octanol–water partition coefficient (Wildman–Crippen LogP) is -0.397. The van der Waals surface area contributed by atoms with Crippen molar-refractivity contribution < 1.29 is 9.59 Å². The molecule has 0 aromatic carbocycles. The molecule has 1 heterocycles. The molecule has 0 bridgehead atoms. The standard InChI is InChI=1S/C11H19N3O2/c1-7(12)11(16)14-6-10(15)13-8-4-2-3-5-9(8)14/h7-9H,2-6,12H2,1H3,(H,13,15)/t7-,8?,9?/m1/s1. The Morgan fingerprint density at radius 1 is 1.50 bits per heavy atom. The minimum absolute atomic E-state index is 0.0582. The molecule has 0 spiro atoms. The summed E-state index contributed by atoms with van der Waals surface area (Å²) in [4.78, 5) is 25.1. The van der Waals surface area contributed by atoms with E-state index in [-0.39, 0.29) is 30.4 Å². The molecule has 3 N–H and O–H groups in total. The molecule has 1 saturated carbocycles. The van der Waals surface area contributed by atoms with Crippen LogP contribution in [0.2, 0.25) is 0 Å². The molecule has 0 radical (unpaired) electrons. The lowest BCUT2D eigenvalue weighted by atomic mass is 9.87. The molecule has 2 rings (SSSR count). The Balaban J connectivity index is 2.15. The summed E-state index contributed by atoms with van der Waals surface area (Å²) in [6.07, 6.45) is 4.20. The molecule has 5 nitrogen and oxygen atoms in total. The SMILES string of the molecule is C[C@@H](N)C(=O)N1CC(=O)NC2CCCCC21. The van der Waals surface area contributed by atoms with Gasteiger partial charge in [-0.1, -0.05) is 12.8 Å². The fraction of sp³-hybridized carbons (Fsp3) is 0.818. The van der Waals surface area contributed by atoms with Gasteiger partial charge in [0.05, 0.1) is 18.6 Å². The van der Waals surface area contributed by atoms with E-state index >= 15 is 0 Å². The first-order valence-electron chi connectivity index (χ1n) is 5.95. The number of carbonyl (C=O) groups is 2. The number of carbonyl (C=O) groups excluding carboxylic acids is 2. The fourth-order valence-electron chi connectivity index (χ4n) is 2.68. The maximum Gasteiger partial charge on any atom is 0.239 e. The van der Waals surface area contributed by atoms with Gasteiger partial charge < -0.3 is 16.0 Å². The van der Waals surface area contributed by atoms with Crippen LogP contribution in [0, 0.1) is 0 Å². The van der Waals surface area contributed by atoms with Crippen molar-refractivity contribution in [1.29, 1.82) is 0 Å². The number of rotatable bonds is 1. The van der Waals surface area contributed by atoms with Gasteiger partial charge in [0.1, 0.15) is 0 Å². The summed E-state index contributed by atoms with van der Waals surface area (Å²) in [6, 6.07) is -0.226. The predicted molar refractivity (Wildman–Crippen MR) is 59.5 cm³/mol. The highest BCUT2D eigenvalue weighted by Gasteiger charge is 2.39. The summed E-state index contributed by atoms with van der Waals surface area (Å²) < 4.78 is 0. The number of hydrogen-bond donors (Lipinski definition) is 2. The zero-order valence-corrected chi connectivity index (χ0v) is 9.61. The van der Waals surface area contributed by atoms with Crippen LogP contribution in [-0.2, 0) is 9.59 Å². The van der Waals surface area contributed by atoms with Gasteiger partial charge in [-0.05, 0) is 19.8 Å². The third-order valence-electron chi connectivity index (χ3n) is 3.46. The molecule has 1 aliphatic carbocycles. The van der Waals surface area contributed by atoms with E-state index in [0.29, 0.717) is 0 Å². The van der Waals surface area contributed by atoms with Crippen LogP contribution in [0.5, 0.6) is 0 Å². The molecule has 90 valence electrons.